The van der Waals surface area contributed by atoms with Gasteiger partial charge in [-0.05, 0) is 36.8 Å². The fraction of sp³-hybridized carbons (Fsp3) is 0.333. The number of sulfone groups is 1. The van der Waals surface area contributed by atoms with Crippen LogP contribution in [0, 0.1) is 6.92 Å². The van der Waals surface area contributed by atoms with E-state index in [1.54, 1.807) is 36.4 Å². The molecule has 128 valence electrons. The second-order valence-corrected chi connectivity index (χ2v) is 8.86. The summed E-state index contributed by atoms with van der Waals surface area (Å²) in [5, 5.41) is -0.111. The van der Waals surface area contributed by atoms with E-state index < -0.39 is 20.6 Å². The first kappa shape index (κ1) is 17.4. The van der Waals surface area contributed by atoms with Crippen LogP contribution in [0.3, 0.4) is 0 Å². The van der Waals surface area contributed by atoms with E-state index in [0.717, 1.165) is 11.1 Å². The molecule has 0 heterocycles. The first-order valence-electron chi connectivity index (χ1n) is 7.64. The fourth-order valence-electron chi connectivity index (χ4n) is 3.34. The summed E-state index contributed by atoms with van der Waals surface area (Å²) in [6.07, 6.45) is 0. The minimum Gasteiger partial charge on any atom is -0.383 e. The van der Waals surface area contributed by atoms with E-state index in [-0.39, 0.29) is 12.5 Å². The summed E-state index contributed by atoms with van der Waals surface area (Å²) in [6, 6.07) is 14.0. The van der Waals surface area contributed by atoms with Crippen LogP contribution in [0.2, 0.25) is 5.02 Å². The molecular weight excluding hydrogens is 346 g/mol. The number of hydrogen-bond donors (Lipinski definition) is 1. The topological polar surface area (TPSA) is 69.4 Å². The minimum atomic E-state index is -3.56. The molecule has 0 spiro atoms. The summed E-state index contributed by atoms with van der Waals surface area (Å²) in [5.74, 6) is -0.319. The zero-order valence-corrected chi connectivity index (χ0v) is 15.1. The van der Waals surface area contributed by atoms with Gasteiger partial charge in [0.15, 0.2) is 9.84 Å². The van der Waals surface area contributed by atoms with Crippen molar-refractivity contribution >= 4 is 21.4 Å². The van der Waals surface area contributed by atoms with Gasteiger partial charge in [0, 0.05) is 18.1 Å². The van der Waals surface area contributed by atoms with Crippen LogP contribution in [-0.4, -0.2) is 32.9 Å². The zero-order chi connectivity index (χ0) is 17.5. The summed E-state index contributed by atoms with van der Waals surface area (Å²) in [4.78, 5) is 0.292. The number of methoxy groups -OCH3 is 1. The standard InChI is InChI=1S/C18H20ClNO3S/c1-12-3-9-15(10-4-12)24(21,22)17-16(18(17,20)11-23-2)13-5-7-14(19)8-6-13/h3-10,16-17H,11,20H2,1-2H3/t16-,17-,18+/m0/s1. The van der Waals surface area contributed by atoms with E-state index in [4.69, 9.17) is 22.1 Å². The molecule has 0 radical (unpaired) electrons. The SMILES string of the molecule is COC[C@@]1(N)[C@@H](c2ccc(Cl)cc2)[C@@H]1S(=O)(=O)c1ccc(C)cc1. The van der Waals surface area contributed by atoms with Gasteiger partial charge >= 0.3 is 0 Å². The van der Waals surface area contributed by atoms with Crippen LogP contribution in [-0.2, 0) is 14.6 Å². The third kappa shape index (κ3) is 2.86. The van der Waals surface area contributed by atoms with E-state index in [1.165, 1.54) is 7.11 Å². The normalized spacial score (nSPS) is 26.3. The smallest absolute Gasteiger partial charge is 0.183 e. The van der Waals surface area contributed by atoms with Crippen molar-refractivity contribution in [3.63, 3.8) is 0 Å². The molecule has 1 saturated carbocycles. The van der Waals surface area contributed by atoms with Crippen LogP contribution < -0.4 is 5.73 Å². The van der Waals surface area contributed by atoms with E-state index in [0.29, 0.717) is 9.92 Å². The molecule has 2 aromatic rings. The first-order chi connectivity index (χ1) is 11.3. The van der Waals surface area contributed by atoms with Gasteiger partial charge in [-0.25, -0.2) is 8.42 Å². The molecule has 1 fully saturated rings. The molecule has 24 heavy (non-hydrogen) atoms. The molecule has 0 amide bonds. The second kappa shape index (κ2) is 6.15. The third-order valence-corrected chi connectivity index (χ3v) is 7.17. The van der Waals surface area contributed by atoms with Gasteiger partial charge in [0.25, 0.3) is 0 Å². The molecule has 0 bridgehead atoms. The predicted molar refractivity (Wildman–Crippen MR) is 95.1 cm³/mol. The van der Waals surface area contributed by atoms with E-state index in [9.17, 15) is 8.42 Å². The number of ether oxygens (including phenoxy) is 1. The number of benzene rings is 2. The molecule has 2 N–H and O–H groups in total. The predicted octanol–water partition coefficient (Wildman–Crippen LogP) is 2.93. The maximum Gasteiger partial charge on any atom is 0.183 e. The molecule has 3 rings (SSSR count). The van der Waals surface area contributed by atoms with Crippen molar-refractivity contribution in [3.8, 4) is 0 Å². The lowest BCUT2D eigenvalue weighted by molar-refractivity contribution is 0.171. The number of rotatable bonds is 5. The molecule has 0 aliphatic heterocycles. The molecule has 0 saturated heterocycles. The summed E-state index contributed by atoms with van der Waals surface area (Å²) >= 11 is 5.93. The van der Waals surface area contributed by atoms with Crippen molar-refractivity contribution in [1.29, 1.82) is 0 Å². The number of hydrogen-bond acceptors (Lipinski definition) is 4. The lowest BCUT2D eigenvalue weighted by atomic mass is 10.1. The summed E-state index contributed by atoms with van der Waals surface area (Å²) in [5.41, 5.74) is 7.36. The highest BCUT2D eigenvalue weighted by molar-refractivity contribution is 7.92. The Kier molecular flexibility index (Phi) is 4.47. The number of halogens is 1. The maximum atomic E-state index is 13.1. The van der Waals surface area contributed by atoms with Crippen LogP contribution in [0.25, 0.3) is 0 Å². The average molecular weight is 366 g/mol. The van der Waals surface area contributed by atoms with Crippen LogP contribution >= 0.6 is 11.6 Å². The highest BCUT2D eigenvalue weighted by Crippen LogP contribution is 2.55. The zero-order valence-electron chi connectivity index (χ0n) is 13.6. The third-order valence-electron chi connectivity index (χ3n) is 4.61. The highest BCUT2D eigenvalue weighted by Gasteiger charge is 2.69. The Morgan fingerprint density at radius 3 is 2.25 bits per heavy atom. The lowest BCUT2D eigenvalue weighted by Crippen LogP contribution is -2.35. The van der Waals surface area contributed by atoms with Crippen molar-refractivity contribution in [2.24, 2.45) is 5.73 Å². The minimum absolute atomic E-state index is 0.177. The Morgan fingerprint density at radius 1 is 1.12 bits per heavy atom. The molecule has 4 nitrogen and oxygen atoms in total. The maximum absolute atomic E-state index is 13.1. The van der Waals surface area contributed by atoms with Gasteiger partial charge in [0.05, 0.1) is 22.3 Å². The Labute approximate surface area is 147 Å². The van der Waals surface area contributed by atoms with Crippen molar-refractivity contribution in [1.82, 2.24) is 0 Å². The van der Waals surface area contributed by atoms with E-state index in [2.05, 4.69) is 0 Å². The molecule has 6 heteroatoms. The monoisotopic (exact) mass is 365 g/mol. The molecule has 0 aromatic heterocycles. The highest BCUT2D eigenvalue weighted by atomic mass is 35.5. The van der Waals surface area contributed by atoms with Crippen LogP contribution in [0.1, 0.15) is 17.0 Å². The van der Waals surface area contributed by atoms with Gasteiger partial charge < -0.3 is 10.5 Å². The van der Waals surface area contributed by atoms with Gasteiger partial charge in [-0.15, -0.1) is 0 Å². The van der Waals surface area contributed by atoms with Crippen LogP contribution in [0.4, 0.5) is 0 Å². The fourth-order valence-corrected chi connectivity index (χ4v) is 5.76. The molecule has 1 aliphatic rings. The molecule has 2 aromatic carbocycles. The van der Waals surface area contributed by atoms with Gasteiger partial charge in [-0.2, -0.15) is 0 Å². The van der Waals surface area contributed by atoms with Gasteiger partial charge in [0.1, 0.15) is 0 Å². The van der Waals surface area contributed by atoms with Crippen molar-refractivity contribution in [3.05, 3.63) is 64.7 Å². The van der Waals surface area contributed by atoms with Crippen molar-refractivity contribution in [2.45, 2.75) is 28.5 Å². The summed E-state index contributed by atoms with van der Waals surface area (Å²) in [7, 11) is -2.03. The van der Waals surface area contributed by atoms with Gasteiger partial charge in [-0.1, -0.05) is 41.4 Å². The van der Waals surface area contributed by atoms with Gasteiger partial charge in [-0.3, -0.25) is 0 Å². The Bertz CT molecular complexity index is 834. The largest absolute Gasteiger partial charge is 0.383 e. The van der Waals surface area contributed by atoms with Gasteiger partial charge in [0.2, 0.25) is 0 Å². The van der Waals surface area contributed by atoms with Crippen LogP contribution in [0.15, 0.2) is 53.4 Å². The quantitative estimate of drug-likeness (QED) is 0.884. The molecule has 1 aliphatic carbocycles. The Hall–Kier alpha value is -1.40. The van der Waals surface area contributed by atoms with E-state index in [1.807, 2.05) is 19.1 Å². The first-order valence-corrected chi connectivity index (χ1v) is 9.57. The Balaban J connectivity index is 2.01. The Morgan fingerprint density at radius 2 is 1.71 bits per heavy atom. The lowest BCUT2D eigenvalue weighted by Gasteiger charge is -2.11. The molecule has 0 unspecified atom stereocenters. The molecule has 3 atom stereocenters. The van der Waals surface area contributed by atoms with Crippen molar-refractivity contribution < 1.29 is 13.2 Å². The number of aryl methyl sites for hydroxylation is 1. The summed E-state index contributed by atoms with van der Waals surface area (Å²) < 4.78 is 31.4. The molecular formula is C18H20ClNO3S. The van der Waals surface area contributed by atoms with E-state index >= 15 is 0 Å². The number of nitrogens with two attached hydrogens (primary N) is 1. The van der Waals surface area contributed by atoms with Crippen LogP contribution in [0.5, 0.6) is 0 Å². The average Bonchev–Trinajstić information content (AvgIpc) is 3.15. The van der Waals surface area contributed by atoms with Crippen molar-refractivity contribution in [2.75, 3.05) is 13.7 Å². The summed E-state index contributed by atoms with van der Waals surface area (Å²) in [6.45, 7) is 2.10. The second-order valence-electron chi connectivity index (χ2n) is 6.35.